The minimum Gasteiger partial charge on any atom is -0.494 e. The molecule has 3 fully saturated rings. The number of nitrogens with one attached hydrogen (secondary N) is 3. The van der Waals surface area contributed by atoms with Crippen molar-refractivity contribution in [1.29, 1.82) is 0 Å². The van der Waals surface area contributed by atoms with Gasteiger partial charge < -0.3 is 29.7 Å². The zero-order valence-corrected chi connectivity index (χ0v) is 36.0. The number of alkyl halides is 1. The largest absolute Gasteiger partial charge is 0.494 e. The molecule has 3 aromatic rings. The highest BCUT2D eigenvalue weighted by Gasteiger charge is 2.62. The molecular weight excluding hydrogens is 877 g/mol. The van der Waals surface area contributed by atoms with E-state index in [1.54, 1.807) is 63.2 Å². The highest BCUT2D eigenvalue weighted by atomic mass is 127. The molecular formula is C39H47ClIN5O9S. The van der Waals surface area contributed by atoms with Crippen LogP contribution in [-0.4, -0.2) is 94.1 Å². The lowest BCUT2D eigenvalue weighted by molar-refractivity contribution is -0.141. The first-order chi connectivity index (χ1) is 26.1. The fourth-order valence-corrected chi connectivity index (χ4v) is 9.31. The number of aromatic nitrogens is 1. The molecule has 2 heterocycles. The Hall–Kier alpha value is -3.90. The summed E-state index contributed by atoms with van der Waals surface area (Å²) in [6.45, 7) is 10.9. The van der Waals surface area contributed by atoms with Crippen molar-refractivity contribution in [2.24, 2.45) is 5.41 Å². The SMILES string of the molecule is COc1cnc(O[C@@H]2C[C@@H](C(=O)N[C@]3(C(=O)NS(=O)(=O)C4CC4)C[C@H]3I)N(C(=O)[C@@H](Nc3cccc(C(=O)OC(C)(C)C)c3)C(C)(C)C)C2)c2cc(Cl)ccc12. The molecule has 3 aliphatic rings. The molecule has 3 amide bonds. The van der Waals surface area contributed by atoms with Gasteiger partial charge in [0.25, 0.3) is 5.91 Å². The van der Waals surface area contributed by atoms with Gasteiger partial charge in [-0.25, -0.2) is 18.2 Å². The number of pyridine rings is 1. The molecule has 302 valence electrons. The molecule has 0 radical (unpaired) electrons. The number of ether oxygens (including phenoxy) is 3. The van der Waals surface area contributed by atoms with Gasteiger partial charge in [-0.15, -0.1) is 0 Å². The van der Waals surface area contributed by atoms with Gasteiger partial charge in [-0.3, -0.25) is 19.1 Å². The molecule has 0 bridgehead atoms. The first-order valence-electron chi connectivity index (χ1n) is 18.3. The van der Waals surface area contributed by atoms with Crippen molar-refractivity contribution in [3.8, 4) is 11.6 Å². The highest BCUT2D eigenvalue weighted by Crippen LogP contribution is 2.45. The molecule has 2 aromatic carbocycles. The second kappa shape index (κ2) is 15.5. The number of anilines is 1. The van der Waals surface area contributed by atoms with Crippen molar-refractivity contribution in [2.45, 2.75) is 106 Å². The molecule has 1 aromatic heterocycles. The fraction of sp³-hybridized carbons (Fsp3) is 0.513. The fourth-order valence-electron chi connectivity index (χ4n) is 6.64. The number of halogens is 2. The summed E-state index contributed by atoms with van der Waals surface area (Å²) in [4.78, 5) is 61.5. The zero-order chi connectivity index (χ0) is 41.0. The molecule has 0 unspecified atom stereocenters. The van der Waals surface area contributed by atoms with Crippen LogP contribution in [0.15, 0.2) is 48.7 Å². The summed E-state index contributed by atoms with van der Waals surface area (Å²) in [6.07, 6.45) is 1.97. The third-order valence-corrected chi connectivity index (χ3v) is 13.4. The van der Waals surface area contributed by atoms with Crippen molar-refractivity contribution < 1.29 is 41.8 Å². The predicted octanol–water partition coefficient (Wildman–Crippen LogP) is 5.40. The Kier molecular flexibility index (Phi) is 11.5. The Balaban J connectivity index is 1.31. The summed E-state index contributed by atoms with van der Waals surface area (Å²) in [5.41, 5.74) is -2.12. The van der Waals surface area contributed by atoms with Crippen LogP contribution in [0.4, 0.5) is 5.69 Å². The van der Waals surface area contributed by atoms with E-state index in [0.717, 1.165) is 0 Å². The van der Waals surface area contributed by atoms with Crippen LogP contribution in [0, 0.1) is 5.41 Å². The molecule has 14 nitrogen and oxygen atoms in total. The van der Waals surface area contributed by atoms with Gasteiger partial charge in [0.05, 0.1) is 30.7 Å². The summed E-state index contributed by atoms with van der Waals surface area (Å²) in [5.74, 6) is -1.65. The molecule has 0 spiro atoms. The van der Waals surface area contributed by atoms with Crippen LogP contribution in [0.1, 0.15) is 77.6 Å². The Bertz CT molecular complexity index is 2170. The molecule has 1 saturated heterocycles. The number of nitrogens with zero attached hydrogens (tertiary/aromatic N) is 2. The van der Waals surface area contributed by atoms with E-state index in [1.165, 1.54) is 18.2 Å². The molecule has 2 aliphatic carbocycles. The van der Waals surface area contributed by atoms with Crippen LogP contribution >= 0.6 is 34.2 Å². The van der Waals surface area contributed by atoms with Crippen LogP contribution in [0.25, 0.3) is 10.8 Å². The van der Waals surface area contributed by atoms with E-state index >= 15 is 0 Å². The van der Waals surface area contributed by atoms with Crippen LogP contribution < -0.4 is 24.8 Å². The van der Waals surface area contributed by atoms with Crippen LogP contribution in [-0.2, 0) is 29.1 Å². The predicted molar refractivity (Wildman–Crippen MR) is 220 cm³/mol. The molecule has 5 atom stereocenters. The monoisotopic (exact) mass is 923 g/mol. The van der Waals surface area contributed by atoms with Gasteiger partial charge in [-0.1, -0.05) is 61.0 Å². The summed E-state index contributed by atoms with van der Waals surface area (Å²) in [5, 5.41) is 7.22. The van der Waals surface area contributed by atoms with Crippen LogP contribution in [0.2, 0.25) is 5.02 Å². The van der Waals surface area contributed by atoms with E-state index in [2.05, 4.69) is 20.3 Å². The lowest BCUT2D eigenvalue weighted by Crippen LogP contribution is -2.58. The van der Waals surface area contributed by atoms with Gasteiger partial charge in [0.15, 0.2) is 0 Å². The number of amides is 3. The maximum atomic E-state index is 14.8. The maximum Gasteiger partial charge on any atom is 0.338 e. The molecule has 56 heavy (non-hydrogen) atoms. The molecule has 17 heteroatoms. The van der Waals surface area contributed by atoms with Gasteiger partial charge in [0, 0.05) is 31.8 Å². The van der Waals surface area contributed by atoms with E-state index in [0.29, 0.717) is 45.6 Å². The lowest BCUT2D eigenvalue weighted by atomic mass is 9.85. The minimum absolute atomic E-state index is 0.0260. The van der Waals surface area contributed by atoms with E-state index in [1.807, 2.05) is 43.4 Å². The Morgan fingerprint density at radius 2 is 1.73 bits per heavy atom. The molecule has 3 N–H and O–H groups in total. The Labute approximate surface area is 345 Å². The van der Waals surface area contributed by atoms with Gasteiger partial charge in [-0.2, -0.15) is 0 Å². The van der Waals surface area contributed by atoms with Crippen LogP contribution in [0.5, 0.6) is 11.6 Å². The van der Waals surface area contributed by atoms with Crippen molar-refractivity contribution in [3.05, 3.63) is 59.2 Å². The molecule has 2 saturated carbocycles. The van der Waals surface area contributed by atoms with E-state index in [4.69, 9.17) is 25.8 Å². The minimum atomic E-state index is -3.88. The number of sulfonamides is 1. The van der Waals surface area contributed by atoms with Gasteiger partial charge >= 0.3 is 5.97 Å². The number of fused-ring (bicyclic) bond motifs is 1. The topological polar surface area (TPSA) is 182 Å². The summed E-state index contributed by atoms with van der Waals surface area (Å²) in [6, 6.07) is 9.82. The number of esters is 1. The van der Waals surface area contributed by atoms with E-state index in [-0.39, 0.29) is 29.2 Å². The number of methoxy groups -OCH3 is 1. The standard InChI is InChI=1S/C39H47ClIN5O9S/c1-37(2,3)31(43-23-10-8-9-21(15-23)35(49)55-38(4,5)6)34(48)46-20-24(54-33-27-16-22(40)11-14-26(27)29(53-7)19-42-33)17-28(46)32(47)44-39(18-30(39)41)36(50)45-56(51,52)25-12-13-25/h8-11,14-16,19,24-25,28,30-31,43H,12-13,17-18,20H2,1-7H3,(H,44,47)(H,45,50)/t24-,28+,30-,31-,39-/m1/s1. The third kappa shape index (κ3) is 9.12. The Morgan fingerprint density at radius 1 is 1.04 bits per heavy atom. The van der Waals surface area contributed by atoms with Crippen molar-refractivity contribution >= 4 is 84.4 Å². The second-order valence-corrected chi connectivity index (χ2v) is 20.5. The normalized spacial score (nSPS) is 22.9. The van der Waals surface area contributed by atoms with Crippen molar-refractivity contribution in [2.75, 3.05) is 19.0 Å². The average molecular weight is 924 g/mol. The van der Waals surface area contributed by atoms with Crippen molar-refractivity contribution in [3.63, 3.8) is 0 Å². The maximum absolute atomic E-state index is 14.8. The van der Waals surface area contributed by atoms with E-state index in [9.17, 15) is 27.6 Å². The molecule has 1 aliphatic heterocycles. The number of rotatable bonds is 12. The Morgan fingerprint density at radius 3 is 2.34 bits per heavy atom. The number of likely N-dealkylation sites (tertiary alicyclic amines) is 1. The quantitative estimate of drug-likeness (QED) is 0.120. The number of hydrogen-bond acceptors (Lipinski definition) is 11. The lowest BCUT2D eigenvalue weighted by Gasteiger charge is -2.36. The van der Waals surface area contributed by atoms with Gasteiger partial charge in [0.2, 0.25) is 27.7 Å². The smallest absolute Gasteiger partial charge is 0.338 e. The first kappa shape index (κ1) is 41.7. The average Bonchev–Trinajstić information content (AvgIpc) is 4.03. The summed E-state index contributed by atoms with van der Waals surface area (Å²) in [7, 11) is -2.35. The highest BCUT2D eigenvalue weighted by molar-refractivity contribution is 14.1. The number of hydrogen-bond donors (Lipinski definition) is 3. The second-order valence-electron chi connectivity index (χ2n) is 16.6. The number of carbonyl (C=O) groups is 4. The third-order valence-electron chi connectivity index (χ3n) is 9.87. The summed E-state index contributed by atoms with van der Waals surface area (Å²) >= 11 is 8.38. The first-order valence-corrected chi connectivity index (χ1v) is 21.5. The van der Waals surface area contributed by atoms with Crippen LogP contribution in [0.3, 0.4) is 0 Å². The summed E-state index contributed by atoms with van der Waals surface area (Å²) < 4.78 is 44.7. The molecule has 6 rings (SSSR count). The zero-order valence-electron chi connectivity index (χ0n) is 32.3. The van der Waals surface area contributed by atoms with E-state index < -0.39 is 73.7 Å². The number of carbonyl (C=O) groups excluding carboxylic acids is 4. The van der Waals surface area contributed by atoms with Gasteiger partial charge in [0.1, 0.15) is 35.1 Å². The number of benzene rings is 2. The van der Waals surface area contributed by atoms with Crippen molar-refractivity contribution in [1.82, 2.24) is 19.9 Å². The van der Waals surface area contributed by atoms with Gasteiger partial charge in [-0.05, 0) is 81.8 Å².